The van der Waals surface area contributed by atoms with Crippen LogP contribution in [0.5, 0.6) is 0 Å². The predicted octanol–water partition coefficient (Wildman–Crippen LogP) is 11.3. The van der Waals surface area contributed by atoms with E-state index in [9.17, 15) is 0 Å². The van der Waals surface area contributed by atoms with E-state index < -0.39 is 14.4 Å². The molecule has 216 valence electrons. The summed E-state index contributed by atoms with van der Waals surface area (Å²) in [7, 11) is 0. The molecular weight excluding hydrogens is 600 g/mol. The van der Waals surface area contributed by atoms with Crippen LogP contribution in [0.2, 0.25) is 18.5 Å². The van der Waals surface area contributed by atoms with Gasteiger partial charge in [0.25, 0.3) is 0 Å². The molecule has 0 heterocycles. The number of rotatable bonds is 6. The van der Waals surface area contributed by atoms with E-state index in [1.165, 1.54) is 66.8 Å². The van der Waals surface area contributed by atoms with Crippen molar-refractivity contribution in [3.05, 3.63) is 129 Å². The molecule has 0 radical (unpaired) electrons. The van der Waals surface area contributed by atoms with Crippen LogP contribution in [0.1, 0.15) is 68.3 Å². The summed E-state index contributed by atoms with van der Waals surface area (Å²) in [6, 6.07) is 32.6. The van der Waals surface area contributed by atoms with E-state index in [2.05, 4.69) is 150 Å². The maximum absolute atomic E-state index is 4.75. The summed E-state index contributed by atoms with van der Waals surface area (Å²) in [4.78, 5) is 0. The number of aryl methyl sites for hydroxylation is 2. The van der Waals surface area contributed by atoms with Gasteiger partial charge < -0.3 is 0 Å². The summed E-state index contributed by atoms with van der Waals surface area (Å²) in [6.45, 7) is 11.7. The standard InChI is InChI=1S/2C18H17.4CH3.H2Si.Zr/c2*1-3-14-7-9-15(10-8-14)17-6-4-5-16-11-13(2)12-18(16)17;;;;;;/h2*4-12H,3H2,1-2H3;4*1H3;1H2;. The first-order valence-electron chi connectivity index (χ1n) is 16.0. The van der Waals surface area contributed by atoms with Crippen molar-refractivity contribution in [2.75, 3.05) is 0 Å². The zero-order valence-corrected chi connectivity index (χ0v) is 30.9. The van der Waals surface area contributed by atoms with E-state index >= 15 is 0 Å². The topological polar surface area (TPSA) is 0 Å². The number of hydrogen-bond donors (Lipinski definition) is 0. The van der Waals surface area contributed by atoms with Gasteiger partial charge in [0.15, 0.2) is 0 Å². The maximum atomic E-state index is 2.76. The molecule has 0 amide bonds. The number of fused-ring (bicyclic) bond motifs is 2. The molecule has 0 aliphatic heterocycles. The summed E-state index contributed by atoms with van der Waals surface area (Å²) in [6.07, 6.45) is 7.21. The number of benzene rings is 4. The Morgan fingerprint density at radius 2 is 0.905 bits per heavy atom. The van der Waals surface area contributed by atoms with Gasteiger partial charge in [-0.2, -0.15) is 0 Å². The van der Waals surface area contributed by atoms with Gasteiger partial charge in [-0.3, -0.25) is 0 Å². The molecule has 4 aromatic carbocycles. The van der Waals surface area contributed by atoms with E-state index in [0.717, 1.165) is 12.8 Å². The Bertz CT molecular complexity index is 1790. The van der Waals surface area contributed by atoms with Gasteiger partial charge in [0.05, 0.1) is 0 Å². The van der Waals surface area contributed by atoms with Crippen LogP contribution in [0, 0.1) is 0 Å². The van der Waals surface area contributed by atoms with Crippen molar-refractivity contribution in [3.8, 4) is 22.3 Å². The van der Waals surface area contributed by atoms with Crippen molar-refractivity contribution in [1.82, 2.24) is 0 Å². The van der Waals surface area contributed by atoms with Crippen molar-refractivity contribution < 1.29 is 14.4 Å². The zero-order valence-electron chi connectivity index (χ0n) is 27.0. The van der Waals surface area contributed by atoms with Gasteiger partial charge in [0.2, 0.25) is 0 Å². The second kappa shape index (κ2) is 8.77. The molecule has 0 saturated carbocycles. The zero-order chi connectivity index (χ0) is 30.2. The second-order valence-corrected chi connectivity index (χ2v) is 77.9. The van der Waals surface area contributed by atoms with Crippen LogP contribution >= 0.6 is 0 Å². The first kappa shape index (κ1) is 29.5. The normalized spacial score (nSPS) is 20.4. The van der Waals surface area contributed by atoms with Gasteiger partial charge in [-0.25, -0.2) is 0 Å². The van der Waals surface area contributed by atoms with Crippen LogP contribution in [0.3, 0.4) is 0 Å². The van der Waals surface area contributed by atoms with Gasteiger partial charge >= 0.3 is 251 Å². The second-order valence-electron chi connectivity index (χ2n) is 17.7. The van der Waals surface area contributed by atoms with E-state index in [1.807, 2.05) is 0 Å². The van der Waals surface area contributed by atoms with Gasteiger partial charge in [-0.1, -0.05) is 0 Å². The van der Waals surface area contributed by atoms with Gasteiger partial charge in [-0.05, 0) is 0 Å². The van der Waals surface area contributed by atoms with Crippen molar-refractivity contribution >= 4 is 19.0 Å². The summed E-state index contributed by atoms with van der Waals surface area (Å²) >= 11 is -4.75. The first-order chi connectivity index (χ1) is 19.6. The molecule has 2 heteroatoms. The molecule has 0 aromatic heterocycles. The fraction of sp³-hybridized carbons (Fsp3) is 0.300. The molecule has 2 aliphatic carbocycles. The average molecular weight is 648 g/mol. The minimum absolute atomic E-state index is 0.414. The summed E-state index contributed by atoms with van der Waals surface area (Å²) in [5.74, 6) is 0. The SMILES string of the molecule is CCc1ccc(-c2cccc3c2C=C(C)[CH]3[Zr]([CH3])([CH3])([CH3])([CH3])(=[SiH2])[CH]2C(C)=Cc3c(-c4ccc(CC)cc4)cccc32)cc1. The van der Waals surface area contributed by atoms with E-state index in [4.69, 9.17) is 0 Å². The average Bonchev–Trinajstić information content (AvgIpc) is 3.50. The molecular formula is C40H48SiZr. The van der Waals surface area contributed by atoms with Crippen LogP contribution < -0.4 is 0 Å². The fourth-order valence-electron chi connectivity index (χ4n) is 9.66. The van der Waals surface area contributed by atoms with E-state index in [-0.39, 0.29) is 0 Å². The van der Waals surface area contributed by atoms with Gasteiger partial charge in [0.1, 0.15) is 0 Å². The molecule has 4 aromatic rings. The molecule has 0 bridgehead atoms. The Hall–Kier alpha value is -2.54. The van der Waals surface area contributed by atoms with Crippen molar-refractivity contribution in [2.24, 2.45) is 0 Å². The van der Waals surface area contributed by atoms with E-state index in [0.29, 0.717) is 7.25 Å². The summed E-state index contributed by atoms with van der Waals surface area (Å²) in [5.41, 5.74) is 17.2. The molecule has 0 spiro atoms. The first-order valence-corrected chi connectivity index (χ1v) is 34.6. The third-order valence-electron chi connectivity index (χ3n) is 11.0. The van der Waals surface area contributed by atoms with Crippen LogP contribution in [0.15, 0.2) is 96.1 Å². The van der Waals surface area contributed by atoms with E-state index in [1.54, 1.807) is 0 Å². The third kappa shape index (κ3) is 4.48. The van der Waals surface area contributed by atoms with Crippen molar-refractivity contribution in [2.45, 2.75) is 66.3 Å². The quantitative estimate of drug-likeness (QED) is 0.183. The summed E-state index contributed by atoms with van der Waals surface area (Å²) in [5, 5.41) is 0. The Kier molecular flexibility index (Phi) is 6.16. The van der Waals surface area contributed by atoms with Crippen LogP contribution in [-0.2, 0) is 27.3 Å². The molecule has 0 N–H and O–H groups in total. The number of allylic oxidation sites excluding steroid dienone is 2. The van der Waals surface area contributed by atoms with Crippen LogP contribution in [0.25, 0.3) is 34.4 Å². The Morgan fingerprint density at radius 1 is 0.548 bits per heavy atom. The Morgan fingerprint density at radius 3 is 1.24 bits per heavy atom. The van der Waals surface area contributed by atoms with Crippen molar-refractivity contribution in [3.63, 3.8) is 0 Å². The Balaban J connectivity index is 1.54. The molecule has 2 aliphatic rings. The molecule has 0 nitrogen and oxygen atoms in total. The van der Waals surface area contributed by atoms with Crippen LogP contribution in [0.4, 0.5) is 0 Å². The number of hydrogen-bond acceptors (Lipinski definition) is 0. The molecule has 0 saturated heterocycles. The fourth-order valence-corrected chi connectivity index (χ4v) is 38.5. The predicted molar refractivity (Wildman–Crippen MR) is 187 cm³/mol. The van der Waals surface area contributed by atoms with Gasteiger partial charge in [0, 0.05) is 0 Å². The molecule has 6 rings (SSSR count). The molecule has 0 fully saturated rings. The third-order valence-corrected chi connectivity index (χ3v) is 34.6. The summed E-state index contributed by atoms with van der Waals surface area (Å²) < 4.78 is 11.9. The van der Waals surface area contributed by atoms with Crippen molar-refractivity contribution in [1.29, 1.82) is 0 Å². The molecule has 2 atom stereocenters. The molecule has 2 unspecified atom stereocenters. The molecule has 42 heavy (non-hydrogen) atoms. The monoisotopic (exact) mass is 646 g/mol. The minimum atomic E-state index is -4.75. The van der Waals surface area contributed by atoms with Crippen LogP contribution in [-0.4, -0.2) is 6.88 Å². The van der Waals surface area contributed by atoms with Gasteiger partial charge in [-0.15, -0.1) is 0 Å². The Labute approximate surface area is 249 Å².